The number of anilines is 1. The van der Waals surface area contributed by atoms with Gasteiger partial charge in [-0.15, -0.1) is 0 Å². The van der Waals surface area contributed by atoms with E-state index in [9.17, 15) is 0 Å². The Bertz CT molecular complexity index is 909. The number of H-pyrrole nitrogens is 1. The molecule has 0 aliphatic carbocycles. The van der Waals surface area contributed by atoms with E-state index in [0.717, 1.165) is 53.4 Å². The Hall–Kier alpha value is -1.34. The van der Waals surface area contributed by atoms with Gasteiger partial charge in [-0.3, -0.25) is 0 Å². The molecule has 2 aromatic heterocycles. The van der Waals surface area contributed by atoms with Gasteiger partial charge in [-0.1, -0.05) is 39.1 Å². The molecule has 4 rings (SSSR count). The first-order chi connectivity index (χ1) is 12.6. The molecule has 0 spiro atoms. The van der Waals surface area contributed by atoms with Crippen LogP contribution in [0.25, 0.3) is 11.2 Å². The molecule has 1 atom stereocenters. The van der Waals surface area contributed by atoms with Gasteiger partial charge in [-0.25, -0.2) is 4.98 Å². The maximum absolute atomic E-state index is 6.13. The van der Waals surface area contributed by atoms with Crippen LogP contribution in [0.3, 0.4) is 0 Å². The van der Waals surface area contributed by atoms with Crippen LogP contribution >= 0.6 is 39.1 Å². The predicted octanol–water partition coefficient (Wildman–Crippen LogP) is 4.79. The lowest BCUT2D eigenvalue weighted by atomic mass is 10.1. The van der Waals surface area contributed by atoms with Gasteiger partial charge < -0.3 is 15.2 Å². The van der Waals surface area contributed by atoms with E-state index in [-0.39, 0.29) is 0 Å². The van der Waals surface area contributed by atoms with E-state index < -0.39 is 0 Å². The summed E-state index contributed by atoms with van der Waals surface area (Å²) in [7, 11) is 0. The van der Waals surface area contributed by atoms with Crippen molar-refractivity contribution in [3.05, 3.63) is 50.5 Å². The third-order valence-electron chi connectivity index (χ3n) is 4.54. The Morgan fingerprint density at radius 3 is 2.96 bits per heavy atom. The smallest absolute Gasteiger partial charge is 0.205 e. The number of aromatic amines is 1. The van der Waals surface area contributed by atoms with Crippen LogP contribution in [0.5, 0.6) is 0 Å². The lowest BCUT2D eigenvalue weighted by Crippen LogP contribution is -2.45. The van der Waals surface area contributed by atoms with Crippen LogP contribution in [0.15, 0.2) is 34.8 Å². The quantitative estimate of drug-likeness (QED) is 0.556. The van der Waals surface area contributed by atoms with Crippen LogP contribution in [-0.2, 0) is 6.54 Å². The van der Waals surface area contributed by atoms with Crippen molar-refractivity contribution in [1.29, 1.82) is 0 Å². The van der Waals surface area contributed by atoms with E-state index in [1.165, 1.54) is 5.56 Å². The molecule has 1 saturated heterocycles. The normalized spacial score (nSPS) is 17.8. The minimum absolute atomic E-state index is 0.395. The van der Waals surface area contributed by atoms with E-state index in [1.807, 2.05) is 18.2 Å². The minimum atomic E-state index is 0.395. The van der Waals surface area contributed by atoms with Crippen molar-refractivity contribution in [2.45, 2.75) is 25.4 Å². The van der Waals surface area contributed by atoms with Gasteiger partial charge in [0, 0.05) is 35.2 Å². The van der Waals surface area contributed by atoms with Crippen molar-refractivity contribution in [3.8, 4) is 0 Å². The summed E-state index contributed by atoms with van der Waals surface area (Å²) >= 11 is 15.6. The number of fused-ring (bicyclic) bond motifs is 1. The highest BCUT2D eigenvalue weighted by Gasteiger charge is 2.22. The third-order valence-corrected chi connectivity index (χ3v) is 5.42. The van der Waals surface area contributed by atoms with Crippen molar-refractivity contribution in [3.63, 3.8) is 0 Å². The van der Waals surface area contributed by atoms with Crippen LogP contribution in [-0.4, -0.2) is 34.1 Å². The first kappa shape index (κ1) is 18.0. The maximum Gasteiger partial charge on any atom is 0.205 e. The number of pyridine rings is 1. The van der Waals surface area contributed by atoms with Crippen LogP contribution in [0.1, 0.15) is 18.4 Å². The molecule has 8 heteroatoms. The highest BCUT2D eigenvalue weighted by atomic mass is 79.9. The Morgan fingerprint density at radius 2 is 2.12 bits per heavy atom. The van der Waals surface area contributed by atoms with E-state index in [1.54, 1.807) is 6.07 Å². The first-order valence-corrected chi connectivity index (χ1v) is 10.1. The number of hydrogen-bond donors (Lipinski definition) is 2. The van der Waals surface area contributed by atoms with Gasteiger partial charge >= 0.3 is 0 Å². The zero-order valence-electron chi connectivity index (χ0n) is 14.0. The highest BCUT2D eigenvalue weighted by molar-refractivity contribution is 9.10. The summed E-state index contributed by atoms with van der Waals surface area (Å²) in [5, 5.41) is 4.84. The number of imidazole rings is 1. The van der Waals surface area contributed by atoms with Crippen molar-refractivity contribution in [1.82, 2.24) is 20.3 Å². The molecule has 0 radical (unpaired) electrons. The van der Waals surface area contributed by atoms with Crippen LogP contribution in [0.2, 0.25) is 10.2 Å². The van der Waals surface area contributed by atoms with Crippen LogP contribution in [0, 0.1) is 0 Å². The minimum Gasteiger partial charge on any atom is -0.341 e. The van der Waals surface area contributed by atoms with Crippen molar-refractivity contribution in [2.24, 2.45) is 0 Å². The Morgan fingerprint density at radius 1 is 1.23 bits per heavy atom. The fourth-order valence-corrected chi connectivity index (χ4v) is 4.39. The molecule has 5 nitrogen and oxygen atoms in total. The molecule has 1 aromatic carbocycles. The molecule has 2 N–H and O–H groups in total. The van der Waals surface area contributed by atoms with Gasteiger partial charge in [0.2, 0.25) is 5.95 Å². The summed E-state index contributed by atoms with van der Waals surface area (Å²) in [6, 6.07) is 10.1. The molecular formula is C18H18BrCl2N5. The first-order valence-electron chi connectivity index (χ1n) is 8.52. The Kier molecular flexibility index (Phi) is 5.36. The van der Waals surface area contributed by atoms with Gasteiger partial charge in [0.15, 0.2) is 5.65 Å². The monoisotopic (exact) mass is 453 g/mol. The fourth-order valence-electron chi connectivity index (χ4n) is 3.32. The van der Waals surface area contributed by atoms with Crippen molar-refractivity contribution >= 4 is 56.2 Å². The van der Waals surface area contributed by atoms with Crippen LogP contribution < -0.4 is 10.2 Å². The van der Waals surface area contributed by atoms with E-state index in [2.05, 4.69) is 47.2 Å². The van der Waals surface area contributed by atoms with Gasteiger partial charge in [0.1, 0.15) is 5.15 Å². The predicted molar refractivity (Wildman–Crippen MR) is 110 cm³/mol. The van der Waals surface area contributed by atoms with Crippen molar-refractivity contribution in [2.75, 3.05) is 18.0 Å². The SMILES string of the molecule is Clc1cc(Br)cc(CN[C@H]2CCCN(c3nc4nc(Cl)ccc4[nH]3)C2)c1. The maximum atomic E-state index is 6.13. The molecule has 0 saturated carbocycles. The number of nitrogens with one attached hydrogen (secondary N) is 2. The molecule has 136 valence electrons. The zero-order valence-corrected chi connectivity index (χ0v) is 17.1. The van der Waals surface area contributed by atoms with Gasteiger partial charge in [-0.2, -0.15) is 4.98 Å². The van der Waals surface area contributed by atoms with E-state index in [0.29, 0.717) is 16.8 Å². The second kappa shape index (κ2) is 7.72. The van der Waals surface area contributed by atoms with E-state index >= 15 is 0 Å². The number of nitrogens with zero attached hydrogens (tertiary/aromatic N) is 3. The Balaban J connectivity index is 1.43. The lowest BCUT2D eigenvalue weighted by molar-refractivity contribution is 0.419. The third kappa shape index (κ3) is 4.14. The molecule has 0 bridgehead atoms. The molecule has 0 unspecified atom stereocenters. The van der Waals surface area contributed by atoms with E-state index in [4.69, 9.17) is 23.2 Å². The van der Waals surface area contributed by atoms with Crippen LogP contribution in [0.4, 0.5) is 5.95 Å². The number of piperidine rings is 1. The summed E-state index contributed by atoms with van der Waals surface area (Å²) in [6.45, 7) is 2.67. The number of rotatable bonds is 4. The Labute approximate surface area is 170 Å². The average molecular weight is 455 g/mol. The number of aromatic nitrogens is 3. The molecule has 1 aliphatic rings. The summed E-state index contributed by atoms with van der Waals surface area (Å²) in [5.74, 6) is 0.853. The zero-order chi connectivity index (χ0) is 18.1. The van der Waals surface area contributed by atoms with Gasteiger partial charge in [0.25, 0.3) is 0 Å². The number of benzene rings is 1. The molecule has 26 heavy (non-hydrogen) atoms. The summed E-state index contributed by atoms with van der Waals surface area (Å²) in [6.07, 6.45) is 2.25. The number of halogens is 3. The summed E-state index contributed by atoms with van der Waals surface area (Å²) < 4.78 is 1.00. The largest absolute Gasteiger partial charge is 0.341 e. The van der Waals surface area contributed by atoms with Crippen molar-refractivity contribution < 1.29 is 0 Å². The molecule has 3 aromatic rings. The average Bonchev–Trinajstić information content (AvgIpc) is 3.03. The highest BCUT2D eigenvalue weighted by Crippen LogP contribution is 2.22. The van der Waals surface area contributed by atoms with Gasteiger partial charge in [-0.05, 0) is 48.7 Å². The molecule has 1 fully saturated rings. The number of hydrogen-bond acceptors (Lipinski definition) is 4. The second-order valence-electron chi connectivity index (χ2n) is 6.51. The molecule has 0 amide bonds. The molecule has 3 heterocycles. The standard InChI is InChI=1S/C18H18BrCl2N5/c19-12-6-11(7-13(20)8-12)9-22-14-2-1-5-26(10-14)18-23-15-3-4-16(21)24-17(15)25-18/h3-4,6-8,14,22H,1-2,5,9-10H2,(H,23,24,25)/t14-/m0/s1. The second-order valence-corrected chi connectivity index (χ2v) is 8.25. The fraction of sp³-hybridized carbons (Fsp3) is 0.333. The summed E-state index contributed by atoms with van der Waals surface area (Å²) in [5.41, 5.74) is 2.73. The molecular weight excluding hydrogens is 437 g/mol. The molecule has 1 aliphatic heterocycles. The topological polar surface area (TPSA) is 56.8 Å². The van der Waals surface area contributed by atoms with Gasteiger partial charge in [0.05, 0.1) is 5.52 Å². The summed E-state index contributed by atoms with van der Waals surface area (Å²) in [4.78, 5) is 14.5. The lowest BCUT2D eigenvalue weighted by Gasteiger charge is -2.33.